The molecular weight excluding hydrogens is 300 g/mol. The number of carbonyl (C=O) groups excluding carboxylic acids is 1. The first-order chi connectivity index (χ1) is 11.7. The minimum absolute atomic E-state index is 0.102. The van der Waals surface area contributed by atoms with Crippen molar-refractivity contribution in [1.82, 2.24) is 20.2 Å². The molecule has 0 fully saturated rings. The summed E-state index contributed by atoms with van der Waals surface area (Å²) in [6.45, 7) is 4.59. The van der Waals surface area contributed by atoms with Crippen molar-refractivity contribution >= 4 is 5.91 Å². The highest BCUT2D eigenvalue weighted by Gasteiger charge is 2.22. The van der Waals surface area contributed by atoms with Gasteiger partial charge in [0.25, 0.3) is 0 Å². The van der Waals surface area contributed by atoms with Crippen molar-refractivity contribution in [3.05, 3.63) is 29.9 Å². The van der Waals surface area contributed by atoms with E-state index in [1.54, 1.807) is 0 Å². The second-order valence-electron chi connectivity index (χ2n) is 7.10. The molecule has 2 atom stereocenters. The van der Waals surface area contributed by atoms with Gasteiger partial charge in [0.1, 0.15) is 5.82 Å². The highest BCUT2D eigenvalue weighted by molar-refractivity contribution is 5.81. The first-order valence-electron chi connectivity index (χ1n) is 9.44. The van der Waals surface area contributed by atoms with Gasteiger partial charge in [0, 0.05) is 37.9 Å². The normalized spacial score (nSPS) is 21.7. The summed E-state index contributed by atoms with van der Waals surface area (Å²) in [7, 11) is 0. The molecule has 1 aromatic heterocycles. The van der Waals surface area contributed by atoms with E-state index in [1.165, 1.54) is 37.7 Å². The molecule has 132 valence electrons. The fraction of sp³-hybridized carbons (Fsp3) is 0.684. The predicted octanol–water partition coefficient (Wildman–Crippen LogP) is 2.75. The van der Waals surface area contributed by atoms with E-state index in [1.807, 2.05) is 13.1 Å². The maximum Gasteiger partial charge on any atom is 0.236 e. The Hall–Kier alpha value is -1.62. The molecule has 0 spiro atoms. The minimum Gasteiger partial charge on any atom is -0.354 e. The lowest BCUT2D eigenvalue weighted by Gasteiger charge is -2.25. The van der Waals surface area contributed by atoms with Crippen LogP contribution >= 0.6 is 0 Å². The zero-order chi connectivity index (χ0) is 16.8. The Morgan fingerprint density at radius 3 is 3.17 bits per heavy atom. The number of nitrogens with one attached hydrogen (secondary N) is 2. The third-order valence-electron chi connectivity index (χ3n) is 5.26. The fourth-order valence-corrected chi connectivity index (χ4v) is 3.74. The van der Waals surface area contributed by atoms with Crippen LogP contribution in [0.25, 0.3) is 0 Å². The summed E-state index contributed by atoms with van der Waals surface area (Å²) < 4.78 is 2.23. The molecule has 1 amide bonds. The van der Waals surface area contributed by atoms with Crippen LogP contribution in [-0.4, -0.2) is 34.6 Å². The Morgan fingerprint density at radius 2 is 2.33 bits per heavy atom. The summed E-state index contributed by atoms with van der Waals surface area (Å²) in [6, 6.07) is -0.157. The van der Waals surface area contributed by atoms with E-state index in [4.69, 9.17) is 0 Å². The molecule has 0 aromatic carbocycles. The Morgan fingerprint density at radius 1 is 1.42 bits per heavy atom. The summed E-state index contributed by atoms with van der Waals surface area (Å²) in [5.74, 6) is 1.67. The summed E-state index contributed by atoms with van der Waals surface area (Å²) in [6.07, 6.45) is 14.6. The number of amides is 1. The monoisotopic (exact) mass is 330 g/mol. The molecule has 0 saturated heterocycles. The molecule has 0 saturated carbocycles. The second kappa shape index (κ2) is 8.47. The number of carbonyl (C=O) groups is 1. The number of imidazole rings is 1. The molecule has 24 heavy (non-hydrogen) atoms. The second-order valence-corrected chi connectivity index (χ2v) is 7.10. The molecule has 2 heterocycles. The lowest BCUT2D eigenvalue weighted by molar-refractivity contribution is -0.122. The van der Waals surface area contributed by atoms with Gasteiger partial charge in [0.2, 0.25) is 5.91 Å². The molecular formula is C19H30N4O. The third kappa shape index (κ3) is 4.47. The molecule has 1 aliphatic heterocycles. The van der Waals surface area contributed by atoms with Gasteiger partial charge in [0.05, 0.1) is 6.04 Å². The van der Waals surface area contributed by atoms with Crippen LogP contribution in [-0.2, 0) is 11.3 Å². The number of fused-ring (bicyclic) bond motifs is 1. The van der Waals surface area contributed by atoms with Crippen molar-refractivity contribution in [1.29, 1.82) is 0 Å². The van der Waals surface area contributed by atoms with Crippen molar-refractivity contribution in [3.8, 4) is 0 Å². The molecule has 0 bridgehead atoms. The van der Waals surface area contributed by atoms with Crippen LogP contribution in [0.2, 0.25) is 0 Å². The van der Waals surface area contributed by atoms with Gasteiger partial charge < -0.3 is 15.2 Å². The molecule has 0 unspecified atom stereocenters. The summed E-state index contributed by atoms with van der Waals surface area (Å²) in [5.41, 5.74) is 1.51. The number of aromatic nitrogens is 2. The Labute approximate surface area is 144 Å². The quantitative estimate of drug-likeness (QED) is 0.756. The van der Waals surface area contributed by atoms with Crippen molar-refractivity contribution in [2.24, 2.45) is 0 Å². The molecule has 5 heteroatoms. The van der Waals surface area contributed by atoms with Crippen LogP contribution < -0.4 is 10.6 Å². The van der Waals surface area contributed by atoms with Crippen LogP contribution in [0.4, 0.5) is 0 Å². The van der Waals surface area contributed by atoms with Crippen molar-refractivity contribution in [2.45, 2.75) is 70.4 Å². The number of hydrogen-bond acceptors (Lipinski definition) is 3. The maximum atomic E-state index is 12.2. The van der Waals surface area contributed by atoms with E-state index in [9.17, 15) is 4.79 Å². The topological polar surface area (TPSA) is 59.0 Å². The fourth-order valence-electron chi connectivity index (χ4n) is 3.74. The average Bonchev–Trinajstić information content (AvgIpc) is 3.09. The van der Waals surface area contributed by atoms with E-state index in [0.717, 1.165) is 38.3 Å². The van der Waals surface area contributed by atoms with Crippen molar-refractivity contribution in [2.75, 3.05) is 13.1 Å². The first-order valence-corrected chi connectivity index (χ1v) is 9.44. The van der Waals surface area contributed by atoms with Gasteiger partial charge in [-0.15, -0.1) is 0 Å². The molecule has 2 aliphatic rings. The highest BCUT2D eigenvalue weighted by atomic mass is 16.2. The number of aryl methyl sites for hydroxylation is 1. The Kier molecular flexibility index (Phi) is 6.07. The van der Waals surface area contributed by atoms with E-state index in [2.05, 4.69) is 32.5 Å². The lowest BCUT2D eigenvalue weighted by atomic mass is 9.97. The summed E-state index contributed by atoms with van der Waals surface area (Å²) >= 11 is 0. The number of nitrogens with zero attached hydrogens (tertiary/aromatic N) is 2. The highest BCUT2D eigenvalue weighted by Crippen LogP contribution is 2.24. The smallest absolute Gasteiger partial charge is 0.236 e. The van der Waals surface area contributed by atoms with Gasteiger partial charge in [-0.2, -0.15) is 0 Å². The predicted molar refractivity (Wildman–Crippen MR) is 95.8 cm³/mol. The minimum atomic E-state index is -0.157. The Balaban J connectivity index is 1.38. The van der Waals surface area contributed by atoms with Crippen LogP contribution in [0.1, 0.15) is 63.6 Å². The number of rotatable bonds is 7. The average molecular weight is 330 g/mol. The lowest BCUT2D eigenvalue weighted by Crippen LogP contribution is -2.44. The van der Waals surface area contributed by atoms with Crippen LogP contribution in [0.5, 0.6) is 0 Å². The van der Waals surface area contributed by atoms with Gasteiger partial charge in [-0.3, -0.25) is 4.79 Å². The molecule has 3 rings (SSSR count). The van der Waals surface area contributed by atoms with Gasteiger partial charge >= 0.3 is 0 Å². The molecule has 5 nitrogen and oxygen atoms in total. The number of allylic oxidation sites excluding steroid dienone is 1. The van der Waals surface area contributed by atoms with Crippen LogP contribution in [0, 0.1) is 0 Å². The van der Waals surface area contributed by atoms with E-state index < -0.39 is 0 Å². The van der Waals surface area contributed by atoms with Crippen molar-refractivity contribution in [3.63, 3.8) is 0 Å². The van der Waals surface area contributed by atoms with Gasteiger partial charge in [-0.1, -0.05) is 11.6 Å². The third-order valence-corrected chi connectivity index (χ3v) is 5.26. The zero-order valence-electron chi connectivity index (χ0n) is 14.8. The standard InChI is InChI=1S/C19H30N4O/c1-15(19(24)21-10-9-16-6-3-2-4-7-16)22-14-17-8-5-12-23-13-11-20-18(17)23/h6,11,13,15,17,22H,2-5,7-10,12,14H2,1H3,(H,21,24)/t15-,17-/m1/s1. The number of hydrogen-bond donors (Lipinski definition) is 2. The van der Waals surface area contributed by atoms with E-state index in [-0.39, 0.29) is 11.9 Å². The van der Waals surface area contributed by atoms with Crippen LogP contribution in [0.15, 0.2) is 24.0 Å². The zero-order valence-corrected chi connectivity index (χ0v) is 14.8. The van der Waals surface area contributed by atoms with E-state index >= 15 is 0 Å². The largest absolute Gasteiger partial charge is 0.354 e. The summed E-state index contributed by atoms with van der Waals surface area (Å²) in [5, 5.41) is 6.46. The van der Waals surface area contributed by atoms with E-state index in [0.29, 0.717) is 5.92 Å². The van der Waals surface area contributed by atoms with Crippen LogP contribution in [0.3, 0.4) is 0 Å². The SMILES string of the molecule is C[C@@H](NC[C@H]1CCCn2ccnc21)C(=O)NCCC1=CCCCC1. The maximum absolute atomic E-state index is 12.2. The molecule has 2 N–H and O–H groups in total. The van der Waals surface area contributed by atoms with Gasteiger partial charge in [0.15, 0.2) is 0 Å². The molecule has 0 radical (unpaired) electrons. The molecule has 1 aliphatic carbocycles. The summed E-state index contributed by atoms with van der Waals surface area (Å²) in [4.78, 5) is 16.7. The Bertz CT molecular complexity index is 578. The van der Waals surface area contributed by atoms with Gasteiger partial charge in [-0.05, 0) is 51.9 Å². The first kappa shape index (κ1) is 17.2. The van der Waals surface area contributed by atoms with Gasteiger partial charge in [-0.25, -0.2) is 4.98 Å². The van der Waals surface area contributed by atoms with Crippen molar-refractivity contribution < 1.29 is 4.79 Å². The molecule has 1 aromatic rings.